The minimum atomic E-state index is -0.739. The van der Waals surface area contributed by atoms with Gasteiger partial charge in [0.1, 0.15) is 6.54 Å². The predicted octanol–water partition coefficient (Wildman–Crippen LogP) is 2.65. The summed E-state index contributed by atoms with van der Waals surface area (Å²) in [6, 6.07) is 8.63. The van der Waals surface area contributed by atoms with Crippen molar-refractivity contribution in [1.82, 2.24) is 4.57 Å². The number of nitrogens with zero attached hydrogens (tertiary/aromatic N) is 2. The lowest BCUT2D eigenvalue weighted by molar-refractivity contribution is -0.384. The van der Waals surface area contributed by atoms with Gasteiger partial charge in [0, 0.05) is 17.7 Å². The van der Waals surface area contributed by atoms with Crippen LogP contribution in [-0.2, 0) is 11.3 Å². The molecule has 0 saturated carbocycles. The molecule has 9 nitrogen and oxygen atoms in total. The summed E-state index contributed by atoms with van der Waals surface area (Å²) in [5, 5.41) is 13.5. The topological polar surface area (TPSA) is 124 Å². The maximum atomic E-state index is 12.3. The van der Waals surface area contributed by atoms with E-state index in [0.29, 0.717) is 16.6 Å². The van der Waals surface area contributed by atoms with Crippen LogP contribution in [0.2, 0.25) is 0 Å². The Morgan fingerprint density at radius 2 is 1.96 bits per heavy atom. The Bertz CT molecular complexity index is 1140. The third-order valence-electron chi connectivity index (χ3n) is 4.08. The zero-order valence-corrected chi connectivity index (χ0v) is 14.5. The molecule has 0 fully saturated rings. The van der Waals surface area contributed by atoms with Crippen LogP contribution in [0.25, 0.3) is 11.1 Å². The minimum absolute atomic E-state index is 0.154. The normalized spacial score (nSPS) is 10.7. The zero-order valence-electron chi connectivity index (χ0n) is 14.5. The van der Waals surface area contributed by atoms with Gasteiger partial charge in [-0.25, -0.2) is 4.79 Å². The Labute approximate surface area is 152 Å². The van der Waals surface area contributed by atoms with Crippen molar-refractivity contribution in [3.8, 4) is 0 Å². The number of fused-ring (bicyclic) bond motifs is 1. The van der Waals surface area contributed by atoms with Gasteiger partial charge in [0.25, 0.3) is 5.69 Å². The van der Waals surface area contributed by atoms with E-state index in [2.05, 4.69) is 5.32 Å². The lowest BCUT2D eigenvalue weighted by atomic mass is 10.1. The fraction of sp³-hybridized carbons (Fsp3) is 0.167. The number of hydrogen-bond donors (Lipinski definition) is 1. The Kier molecular flexibility index (Phi) is 4.59. The van der Waals surface area contributed by atoms with E-state index in [4.69, 9.17) is 4.42 Å². The first kappa shape index (κ1) is 18.1. The van der Waals surface area contributed by atoms with Crippen LogP contribution >= 0.6 is 0 Å². The zero-order chi connectivity index (χ0) is 19.7. The molecule has 0 radical (unpaired) electrons. The van der Waals surface area contributed by atoms with E-state index >= 15 is 0 Å². The van der Waals surface area contributed by atoms with Crippen LogP contribution in [0.3, 0.4) is 0 Å². The molecular weight excluding hydrogens is 354 g/mol. The van der Waals surface area contributed by atoms with Crippen molar-refractivity contribution in [1.29, 1.82) is 0 Å². The molecule has 0 unspecified atom stereocenters. The highest BCUT2D eigenvalue weighted by Gasteiger charge is 2.16. The number of aromatic nitrogens is 1. The first-order chi connectivity index (χ1) is 12.8. The predicted molar refractivity (Wildman–Crippen MR) is 96.9 cm³/mol. The fourth-order valence-electron chi connectivity index (χ4n) is 2.63. The molecule has 0 bridgehead atoms. The van der Waals surface area contributed by atoms with Crippen LogP contribution < -0.4 is 11.1 Å². The largest absolute Gasteiger partial charge is 0.420 e. The molecule has 3 rings (SSSR count). The number of carbonyl (C=O) groups excluding carboxylic acids is 2. The van der Waals surface area contributed by atoms with Gasteiger partial charge in [0.2, 0.25) is 5.91 Å². The average molecular weight is 369 g/mol. The highest BCUT2D eigenvalue weighted by Crippen LogP contribution is 2.22. The molecule has 27 heavy (non-hydrogen) atoms. The van der Waals surface area contributed by atoms with Crippen LogP contribution in [0.4, 0.5) is 11.4 Å². The third-order valence-corrected chi connectivity index (χ3v) is 4.08. The summed E-state index contributed by atoms with van der Waals surface area (Å²) >= 11 is 0. The highest BCUT2D eigenvalue weighted by atomic mass is 16.6. The molecule has 1 N–H and O–H groups in total. The average Bonchev–Trinajstić information content (AvgIpc) is 2.91. The second-order valence-corrected chi connectivity index (χ2v) is 6.00. The van der Waals surface area contributed by atoms with E-state index in [1.807, 2.05) is 0 Å². The quantitative estimate of drug-likeness (QED) is 0.419. The molecule has 0 spiro atoms. The number of Topliss-reactive ketones (excluding diaryl/α,β-unsaturated/α-hetero) is 1. The number of ketones is 1. The number of nitrogens with one attached hydrogen (secondary N) is 1. The molecule has 2 aromatic carbocycles. The molecule has 0 aliphatic carbocycles. The summed E-state index contributed by atoms with van der Waals surface area (Å²) in [5.41, 5.74) is 1.74. The number of oxazole rings is 1. The molecule has 1 amide bonds. The first-order valence-corrected chi connectivity index (χ1v) is 7.95. The van der Waals surface area contributed by atoms with Crippen molar-refractivity contribution in [3.05, 3.63) is 68.2 Å². The number of nitro groups is 1. The van der Waals surface area contributed by atoms with Gasteiger partial charge in [-0.2, -0.15) is 0 Å². The van der Waals surface area contributed by atoms with Gasteiger partial charge in [-0.1, -0.05) is 6.07 Å². The van der Waals surface area contributed by atoms with Crippen LogP contribution in [0.15, 0.2) is 45.6 Å². The maximum absolute atomic E-state index is 12.3. The van der Waals surface area contributed by atoms with Crippen LogP contribution in [-0.4, -0.2) is 21.2 Å². The van der Waals surface area contributed by atoms with Gasteiger partial charge in [0.05, 0.1) is 16.1 Å². The van der Waals surface area contributed by atoms with Crippen LogP contribution in [0.1, 0.15) is 22.8 Å². The molecule has 3 aromatic rings. The SMILES string of the molecule is CC(=O)c1ccc2c(c1)oc(=O)n2CC(=O)Nc1cc([N+](=O)[O-])ccc1C. The Morgan fingerprint density at radius 3 is 2.63 bits per heavy atom. The number of benzene rings is 2. The first-order valence-electron chi connectivity index (χ1n) is 7.95. The highest BCUT2D eigenvalue weighted by molar-refractivity contribution is 5.97. The number of nitro benzene ring substituents is 1. The van der Waals surface area contributed by atoms with Gasteiger partial charge in [-0.3, -0.25) is 24.3 Å². The van der Waals surface area contributed by atoms with E-state index in [1.54, 1.807) is 13.0 Å². The number of non-ortho nitro benzene ring substituents is 1. The fourth-order valence-corrected chi connectivity index (χ4v) is 2.63. The monoisotopic (exact) mass is 369 g/mol. The van der Waals surface area contributed by atoms with E-state index in [-0.39, 0.29) is 29.3 Å². The lowest BCUT2D eigenvalue weighted by Gasteiger charge is -2.08. The van der Waals surface area contributed by atoms with Gasteiger partial charge >= 0.3 is 5.76 Å². The molecule has 0 aliphatic heterocycles. The third kappa shape index (κ3) is 3.61. The summed E-state index contributed by atoms with van der Waals surface area (Å²) in [7, 11) is 0. The molecule has 9 heteroatoms. The summed E-state index contributed by atoms with van der Waals surface area (Å²) < 4.78 is 6.23. The Balaban J connectivity index is 1.87. The van der Waals surface area contributed by atoms with Gasteiger partial charge in [-0.15, -0.1) is 0 Å². The summed E-state index contributed by atoms with van der Waals surface area (Å²) in [4.78, 5) is 46.2. The standard InChI is InChI=1S/C18H15N3O6/c1-10-3-5-13(21(25)26)8-14(10)19-17(23)9-20-15-6-4-12(11(2)22)7-16(15)27-18(20)24/h3-8H,9H2,1-2H3,(H,19,23). The number of amides is 1. The molecule has 0 aliphatic rings. The van der Waals surface area contributed by atoms with Crippen molar-refractivity contribution in [2.24, 2.45) is 0 Å². The van der Waals surface area contributed by atoms with E-state index < -0.39 is 16.6 Å². The molecule has 1 heterocycles. The van der Waals surface area contributed by atoms with Crippen molar-refractivity contribution in [2.45, 2.75) is 20.4 Å². The molecule has 138 valence electrons. The van der Waals surface area contributed by atoms with Crippen molar-refractivity contribution in [3.63, 3.8) is 0 Å². The van der Waals surface area contributed by atoms with E-state index in [9.17, 15) is 24.5 Å². The van der Waals surface area contributed by atoms with Gasteiger partial charge < -0.3 is 9.73 Å². The van der Waals surface area contributed by atoms with E-state index in [1.165, 1.54) is 37.3 Å². The number of rotatable bonds is 5. The Morgan fingerprint density at radius 1 is 1.22 bits per heavy atom. The van der Waals surface area contributed by atoms with Crippen LogP contribution in [0.5, 0.6) is 0 Å². The maximum Gasteiger partial charge on any atom is 0.420 e. The number of hydrogen-bond acceptors (Lipinski definition) is 6. The molecule has 0 saturated heterocycles. The summed E-state index contributed by atoms with van der Waals surface area (Å²) in [6.07, 6.45) is 0. The van der Waals surface area contributed by atoms with Crippen LogP contribution in [0, 0.1) is 17.0 Å². The van der Waals surface area contributed by atoms with Crippen molar-refractivity contribution < 1.29 is 18.9 Å². The second-order valence-electron chi connectivity index (χ2n) is 6.00. The summed E-state index contributed by atoms with van der Waals surface area (Å²) in [6.45, 7) is 2.75. The van der Waals surface area contributed by atoms with Crippen molar-refractivity contribution >= 4 is 34.2 Å². The molecule has 1 aromatic heterocycles. The minimum Gasteiger partial charge on any atom is -0.408 e. The number of carbonyl (C=O) groups is 2. The Hall–Kier alpha value is -3.75. The lowest BCUT2D eigenvalue weighted by Crippen LogP contribution is -2.25. The smallest absolute Gasteiger partial charge is 0.408 e. The molecule has 0 atom stereocenters. The number of anilines is 1. The van der Waals surface area contributed by atoms with Crippen molar-refractivity contribution in [2.75, 3.05) is 5.32 Å². The number of aryl methyl sites for hydroxylation is 1. The van der Waals surface area contributed by atoms with E-state index in [0.717, 1.165) is 4.57 Å². The van der Waals surface area contributed by atoms with Gasteiger partial charge in [0.15, 0.2) is 11.4 Å². The summed E-state index contributed by atoms with van der Waals surface area (Å²) in [5.74, 6) is -1.46. The molecular formula is C18H15N3O6. The second kappa shape index (κ2) is 6.87. The van der Waals surface area contributed by atoms with Gasteiger partial charge in [-0.05, 0) is 37.6 Å².